The molecule has 20 heavy (non-hydrogen) atoms. The van der Waals surface area contributed by atoms with E-state index in [0.717, 1.165) is 25.1 Å². The van der Waals surface area contributed by atoms with Crippen LogP contribution in [-0.2, 0) is 6.42 Å². The van der Waals surface area contributed by atoms with Crippen LogP contribution < -0.4 is 5.73 Å². The molecule has 0 radical (unpaired) electrons. The highest BCUT2D eigenvalue weighted by Gasteiger charge is 2.15. The quantitative estimate of drug-likeness (QED) is 0.653. The van der Waals surface area contributed by atoms with Gasteiger partial charge in [0, 0.05) is 17.6 Å². The lowest BCUT2D eigenvalue weighted by Crippen LogP contribution is -2.13. The standard InChI is InChI=1S/C15H12Br2N2S/c16-14-8-11(15(17)20-14)12(18)7-9-5-6-19-13-4-2-1-3-10(9)13/h1-6,8,12H,7,18H2. The Morgan fingerprint density at radius 1 is 1.20 bits per heavy atom. The van der Waals surface area contributed by atoms with E-state index in [9.17, 15) is 0 Å². The molecule has 0 spiro atoms. The normalized spacial score (nSPS) is 12.8. The average Bonchev–Trinajstić information content (AvgIpc) is 2.78. The van der Waals surface area contributed by atoms with E-state index in [1.165, 1.54) is 10.9 Å². The molecule has 0 saturated heterocycles. The lowest BCUT2D eigenvalue weighted by Gasteiger charge is -2.12. The summed E-state index contributed by atoms with van der Waals surface area (Å²) in [5.41, 5.74) is 9.76. The van der Waals surface area contributed by atoms with Crippen LogP contribution in [0.5, 0.6) is 0 Å². The van der Waals surface area contributed by atoms with Crippen molar-refractivity contribution in [3.63, 3.8) is 0 Å². The summed E-state index contributed by atoms with van der Waals surface area (Å²) in [5.74, 6) is 0. The molecule has 5 heteroatoms. The number of nitrogens with two attached hydrogens (primary N) is 1. The first-order chi connectivity index (χ1) is 9.65. The van der Waals surface area contributed by atoms with Gasteiger partial charge in [0.2, 0.25) is 0 Å². The Bertz CT molecular complexity index is 749. The van der Waals surface area contributed by atoms with E-state index in [1.807, 2.05) is 24.4 Å². The number of aromatic nitrogens is 1. The largest absolute Gasteiger partial charge is 0.324 e. The molecule has 2 heterocycles. The Labute approximate surface area is 138 Å². The molecular formula is C15H12Br2N2S. The fourth-order valence-corrected chi connectivity index (χ4v) is 5.29. The highest BCUT2D eigenvalue weighted by molar-refractivity contribution is 9.12. The summed E-state index contributed by atoms with van der Waals surface area (Å²) in [5, 5.41) is 1.18. The van der Waals surface area contributed by atoms with Gasteiger partial charge in [0.05, 0.1) is 13.1 Å². The summed E-state index contributed by atoms with van der Waals surface area (Å²) in [7, 11) is 0. The van der Waals surface area contributed by atoms with Crippen LogP contribution in [0.25, 0.3) is 10.9 Å². The van der Waals surface area contributed by atoms with Crippen LogP contribution in [0.4, 0.5) is 0 Å². The second-order valence-electron chi connectivity index (χ2n) is 4.58. The number of halogens is 2. The van der Waals surface area contributed by atoms with Crippen LogP contribution in [0.2, 0.25) is 0 Å². The van der Waals surface area contributed by atoms with Crippen molar-refractivity contribution in [1.82, 2.24) is 4.98 Å². The zero-order valence-corrected chi connectivity index (χ0v) is 14.5. The predicted molar refractivity (Wildman–Crippen MR) is 92.1 cm³/mol. The Morgan fingerprint density at radius 2 is 2.00 bits per heavy atom. The summed E-state index contributed by atoms with van der Waals surface area (Å²) >= 11 is 8.73. The van der Waals surface area contributed by atoms with Crippen molar-refractivity contribution in [3.8, 4) is 0 Å². The molecule has 102 valence electrons. The van der Waals surface area contributed by atoms with Gasteiger partial charge in [-0.3, -0.25) is 4.98 Å². The fourth-order valence-electron chi connectivity index (χ4n) is 2.29. The molecule has 0 bridgehead atoms. The van der Waals surface area contributed by atoms with Crippen LogP contribution in [0.15, 0.2) is 50.2 Å². The molecule has 0 fully saturated rings. The summed E-state index contributed by atoms with van der Waals surface area (Å²) in [4.78, 5) is 4.39. The van der Waals surface area contributed by atoms with Crippen LogP contribution in [-0.4, -0.2) is 4.98 Å². The molecule has 0 aliphatic carbocycles. The summed E-state index contributed by atoms with van der Waals surface area (Å²) < 4.78 is 2.18. The minimum Gasteiger partial charge on any atom is -0.324 e. The third-order valence-corrected chi connectivity index (χ3v) is 5.65. The molecule has 0 aliphatic rings. The number of benzene rings is 1. The average molecular weight is 412 g/mol. The number of rotatable bonds is 3. The maximum Gasteiger partial charge on any atom is 0.0758 e. The van der Waals surface area contributed by atoms with Gasteiger partial charge in [-0.25, -0.2) is 0 Å². The molecule has 3 rings (SSSR count). The van der Waals surface area contributed by atoms with Gasteiger partial charge in [0.25, 0.3) is 0 Å². The molecule has 3 aromatic rings. The summed E-state index contributed by atoms with van der Waals surface area (Å²) in [6, 6.07) is 12.3. The number of para-hydroxylation sites is 1. The maximum absolute atomic E-state index is 6.37. The minimum absolute atomic E-state index is 0.0299. The first-order valence-electron chi connectivity index (χ1n) is 6.18. The van der Waals surface area contributed by atoms with Crippen molar-refractivity contribution in [1.29, 1.82) is 0 Å². The van der Waals surface area contributed by atoms with E-state index in [0.29, 0.717) is 0 Å². The van der Waals surface area contributed by atoms with E-state index in [4.69, 9.17) is 5.73 Å². The van der Waals surface area contributed by atoms with Crippen LogP contribution in [0.1, 0.15) is 17.2 Å². The molecule has 0 amide bonds. The number of pyridine rings is 1. The van der Waals surface area contributed by atoms with Crippen LogP contribution in [0, 0.1) is 0 Å². The van der Waals surface area contributed by atoms with Gasteiger partial charge in [0.1, 0.15) is 0 Å². The van der Waals surface area contributed by atoms with E-state index in [1.54, 1.807) is 11.3 Å². The highest BCUT2D eigenvalue weighted by Crippen LogP contribution is 2.36. The van der Waals surface area contributed by atoms with Crippen LogP contribution in [0.3, 0.4) is 0 Å². The van der Waals surface area contributed by atoms with Crippen molar-refractivity contribution in [2.75, 3.05) is 0 Å². The molecule has 1 unspecified atom stereocenters. The zero-order valence-electron chi connectivity index (χ0n) is 10.5. The first kappa shape index (κ1) is 14.2. The third kappa shape index (κ3) is 2.81. The first-order valence-corrected chi connectivity index (χ1v) is 8.58. The zero-order chi connectivity index (χ0) is 14.1. The Hall–Kier alpha value is -0.750. The second kappa shape index (κ2) is 5.93. The lowest BCUT2D eigenvalue weighted by molar-refractivity contribution is 0.725. The van der Waals surface area contributed by atoms with Gasteiger partial charge >= 0.3 is 0 Å². The van der Waals surface area contributed by atoms with Gasteiger partial charge in [-0.15, -0.1) is 11.3 Å². The summed E-state index contributed by atoms with van der Waals surface area (Å²) in [6.45, 7) is 0. The number of nitrogens with zero attached hydrogens (tertiary/aromatic N) is 1. The smallest absolute Gasteiger partial charge is 0.0758 e. The van der Waals surface area contributed by atoms with Gasteiger partial charge in [0.15, 0.2) is 0 Å². The topological polar surface area (TPSA) is 38.9 Å². The Balaban J connectivity index is 1.95. The Morgan fingerprint density at radius 3 is 2.75 bits per heavy atom. The molecule has 2 nitrogen and oxygen atoms in total. The number of thiophene rings is 1. The molecular weight excluding hydrogens is 400 g/mol. The van der Waals surface area contributed by atoms with Gasteiger partial charge in [-0.05, 0) is 67.6 Å². The van der Waals surface area contributed by atoms with Crippen molar-refractivity contribution < 1.29 is 0 Å². The van der Waals surface area contributed by atoms with Crippen molar-refractivity contribution in [2.24, 2.45) is 5.73 Å². The Kier molecular flexibility index (Phi) is 4.21. The van der Waals surface area contributed by atoms with Gasteiger partial charge < -0.3 is 5.73 Å². The maximum atomic E-state index is 6.37. The molecule has 0 aliphatic heterocycles. The molecule has 2 aromatic heterocycles. The number of hydrogen-bond donors (Lipinski definition) is 1. The molecule has 0 saturated carbocycles. The van der Waals surface area contributed by atoms with E-state index >= 15 is 0 Å². The molecule has 2 N–H and O–H groups in total. The highest BCUT2D eigenvalue weighted by atomic mass is 79.9. The monoisotopic (exact) mass is 410 g/mol. The lowest BCUT2D eigenvalue weighted by atomic mass is 9.99. The van der Waals surface area contributed by atoms with Crippen molar-refractivity contribution in [3.05, 3.63) is 61.3 Å². The summed E-state index contributed by atoms with van der Waals surface area (Å²) in [6.07, 6.45) is 2.65. The van der Waals surface area contributed by atoms with E-state index < -0.39 is 0 Å². The second-order valence-corrected chi connectivity index (χ2v) is 8.33. The third-order valence-electron chi connectivity index (χ3n) is 3.26. The predicted octanol–water partition coefficient (Wildman–Crippen LogP) is 5.06. The van der Waals surface area contributed by atoms with Gasteiger partial charge in [-0.2, -0.15) is 0 Å². The van der Waals surface area contributed by atoms with Crippen LogP contribution >= 0.6 is 43.2 Å². The molecule has 1 aromatic carbocycles. The van der Waals surface area contributed by atoms with Crippen molar-refractivity contribution in [2.45, 2.75) is 12.5 Å². The number of fused-ring (bicyclic) bond motifs is 1. The SMILES string of the molecule is NC(Cc1ccnc2ccccc12)c1cc(Br)sc1Br. The molecule has 1 atom stereocenters. The van der Waals surface area contributed by atoms with E-state index in [2.05, 4.69) is 55.0 Å². The minimum atomic E-state index is -0.0299. The number of hydrogen-bond acceptors (Lipinski definition) is 3. The van der Waals surface area contributed by atoms with E-state index in [-0.39, 0.29) is 6.04 Å². The fraction of sp³-hybridized carbons (Fsp3) is 0.133. The van der Waals surface area contributed by atoms with Gasteiger partial charge in [-0.1, -0.05) is 18.2 Å². The van der Waals surface area contributed by atoms with Crippen molar-refractivity contribution >= 4 is 54.1 Å².